The van der Waals surface area contributed by atoms with Crippen LogP contribution < -0.4 is 5.73 Å². The summed E-state index contributed by atoms with van der Waals surface area (Å²) in [6.07, 6.45) is 2.00. The number of likely N-dealkylation sites (tertiary alicyclic amines) is 1. The predicted octanol–water partition coefficient (Wildman–Crippen LogP) is 1.03. The van der Waals surface area contributed by atoms with Crippen LogP contribution in [0.25, 0.3) is 0 Å². The minimum atomic E-state index is -0.306. The van der Waals surface area contributed by atoms with Crippen LogP contribution in [-0.4, -0.2) is 42.6 Å². The molecule has 2 rings (SSSR count). The molecule has 4 unspecified atom stereocenters. The van der Waals surface area contributed by atoms with Crippen molar-refractivity contribution in [3.63, 3.8) is 0 Å². The Morgan fingerprint density at radius 2 is 2.18 bits per heavy atom. The van der Waals surface area contributed by atoms with Gasteiger partial charge in [-0.2, -0.15) is 0 Å². The standard InChI is InChI=1S/C12H22N2O2.ClH/c1-3-16-8(2)12(15)14-6-9-4-5-11(13)10(9)7-14;/h8-11H,3-7,13H2,1-2H3;1H. The Hall–Kier alpha value is -0.320. The molecule has 1 aliphatic carbocycles. The predicted molar refractivity (Wildman–Crippen MR) is 69.1 cm³/mol. The van der Waals surface area contributed by atoms with Crippen molar-refractivity contribution in [3.8, 4) is 0 Å². The Bertz CT molecular complexity index is 275. The van der Waals surface area contributed by atoms with E-state index in [2.05, 4.69) is 0 Å². The number of carbonyl (C=O) groups excluding carboxylic acids is 1. The molecule has 0 aromatic heterocycles. The van der Waals surface area contributed by atoms with Crippen molar-refractivity contribution in [2.24, 2.45) is 17.6 Å². The summed E-state index contributed by atoms with van der Waals surface area (Å²) in [7, 11) is 0. The van der Waals surface area contributed by atoms with Gasteiger partial charge in [0.1, 0.15) is 6.10 Å². The van der Waals surface area contributed by atoms with Gasteiger partial charge in [-0.05, 0) is 38.5 Å². The van der Waals surface area contributed by atoms with E-state index in [1.807, 2.05) is 18.7 Å². The molecule has 1 saturated carbocycles. The van der Waals surface area contributed by atoms with E-state index in [-0.39, 0.29) is 24.4 Å². The van der Waals surface area contributed by atoms with E-state index >= 15 is 0 Å². The van der Waals surface area contributed by atoms with Gasteiger partial charge in [-0.25, -0.2) is 0 Å². The number of carbonyl (C=O) groups is 1. The van der Waals surface area contributed by atoms with Gasteiger partial charge in [0.2, 0.25) is 0 Å². The van der Waals surface area contributed by atoms with Crippen molar-refractivity contribution in [2.75, 3.05) is 19.7 Å². The second-order valence-corrected chi connectivity index (χ2v) is 5.01. The van der Waals surface area contributed by atoms with Crippen LogP contribution in [0.3, 0.4) is 0 Å². The number of ether oxygens (including phenoxy) is 1. The average Bonchev–Trinajstić information content (AvgIpc) is 2.81. The quantitative estimate of drug-likeness (QED) is 0.827. The van der Waals surface area contributed by atoms with Crippen LogP contribution >= 0.6 is 12.4 Å². The van der Waals surface area contributed by atoms with Crippen molar-refractivity contribution in [1.29, 1.82) is 0 Å². The average molecular weight is 263 g/mol. The lowest BCUT2D eigenvalue weighted by Crippen LogP contribution is -2.39. The van der Waals surface area contributed by atoms with E-state index in [4.69, 9.17) is 10.5 Å². The Labute approximate surface area is 109 Å². The second-order valence-electron chi connectivity index (χ2n) is 5.01. The lowest BCUT2D eigenvalue weighted by Gasteiger charge is -2.22. The third-order valence-electron chi connectivity index (χ3n) is 3.99. The number of amides is 1. The first-order valence-electron chi connectivity index (χ1n) is 6.29. The largest absolute Gasteiger partial charge is 0.369 e. The van der Waals surface area contributed by atoms with Gasteiger partial charge in [0.05, 0.1) is 0 Å². The molecule has 100 valence electrons. The fraction of sp³-hybridized carbons (Fsp3) is 0.917. The topological polar surface area (TPSA) is 55.6 Å². The summed E-state index contributed by atoms with van der Waals surface area (Å²) in [5.74, 6) is 1.29. The van der Waals surface area contributed by atoms with Gasteiger partial charge in [-0.3, -0.25) is 4.79 Å². The molecule has 4 atom stereocenters. The van der Waals surface area contributed by atoms with Crippen LogP contribution in [0.1, 0.15) is 26.7 Å². The molecule has 2 N–H and O–H groups in total. The number of rotatable bonds is 3. The molecular weight excluding hydrogens is 240 g/mol. The van der Waals surface area contributed by atoms with Crippen LogP contribution in [0.15, 0.2) is 0 Å². The van der Waals surface area contributed by atoms with Gasteiger partial charge in [-0.15, -0.1) is 12.4 Å². The maximum absolute atomic E-state index is 12.0. The molecule has 17 heavy (non-hydrogen) atoms. The maximum Gasteiger partial charge on any atom is 0.251 e. The van der Waals surface area contributed by atoms with Crippen molar-refractivity contribution in [1.82, 2.24) is 4.90 Å². The number of nitrogens with two attached hydrogens (primary N) is 1. The molecule has 0 aromatic rings. The van der Waals surface area contributed by atoms with Gasteiger partial charge in [0.15, 0.2) is 0 Å². The summed E-state index contributed by atoms with van der Waals surface area (Å²) in [5.41, 5.74) is 6.05. The number of halogens is 1. The van der Waals surface area contributed by atoms with Crippen molar-refractivity contribution >= 4 is 18.3 Å². The zero-order valence-electron chi connectivity index (χ0n) is 10.6. The van der Waals surface area contributed by atoms with Crippen LogP contribution in [-0.2, 0) is 9.53 Å². The zero-order chi connectivity index (χ0) is 11.7. The molecule has 2 fully saturated rings. The van der Waals surface area contributed by atoms with E-state index < -0.39 is 0 Å². The Morgan fingerprint density at radius 1 is 1.47 bits per heavy atom. The van der Waals surface area contributed by atoms with E-state index in [0.717, 1.165) is 19.5 Å². The summed E-state index contributed by atoms with van der Waals surface area (Å²) in [6.45, 7) is 6.06. The summed E-state index contributed by atoms with van der Waals surface area (Å²) in [4.78, 5) is 14.0. The van der Waals surface area contributed by atoms with Crippen molar-refractivity contribution in [3.05, 3.63) is 0 Å². The first kappa shape index (κ1) is 14.7. The Kier molecular flexibility index (Phi) is 5.22. The minimum Gasteiger partial charge on any atom is -0.369 e. The zero-order valence-corrected chi connectivity index (χ0v) is 11.4. The summed E-state index contributed by atoms with van der Waals surface area (Å²) >= 11 is 0. The fourth-order valence-electron chi connectivity index (χ4n) is 3.07. The lowest BCUT2D eigenvalue weighted by molar-refractivity contribution is -0.141. The Balaban J connectivity index is 0.00000144. The molecule has 0 spiro atoms. The lowest BCUT2D eigenvalue weighted by atomic mass is 9.98. The summed E-state index contributed by atoms with van der Waals surface area (Å²) in [5, 5.41) is 0. The van der Waals surface area contributed by atoms with Crippen LogP contribution in [0, 0.1) is 11.8 Å². The van der Waals surface area contributed by atoms with E-state index in [9.17, 15) is 4.79 Å². The van der Waals surface area contributed by atoms with Crippen LogP contribution in [0.4, 0.5) is 0 Å². The SMILES string of the molecule is CCOC(C)C(=O)N1CC2CCC(N)C2C1.Cl. The smallest absolute Gasteiger partial charge is 0.251 e. The molecule has 1 saturated heterocycles. The number of fused-ring (bicyclic) bond motifs is 1. The molecule has 0 bridgehead atoms. The van der Waals surface area contributed by atoms with E-state index in [1.165, 1.54) is 6.42 Å². The molecule has 5 heteroatoms. The highest BCUT2D eigenvalue weighted by Crippen LogP contribution is 2.37. The van der Waals surface area contributed by atoms with Crippen LogP contribution in [0.2, 0.25) is 0 Å². The fourth-order valence-corrected chi connectivity index (χ4v) is 3.07. The van der Waals surface area contributed by atoms with Gasteiger partial charge in [-0.1, -0.05) is 0 Å². The number of hydrogen-bond donors (Lipinski definition) is 1. The second kappa shape index (κ2) is 6.03. The molecular formula is C12H23ClN2O2. The van der Waals surface area contributed by atoms with E-state index in [0.29, 0.717) is 24.5 Å². The molecule has 0 radical (unpaired) electrons. The first-order chi connectivity index (χ1) is 7.63. The highest BCUT2D eigenvalue weighted by molar-refractivity contribution is 5.85. The van der Waals surface area contributed by atoms with Gasteiger partial charge in [0.25, 0.3) is 5.91 Å². The van der Waals surface area contributed by atoms with Crippen molar-refractivity contribution < 1.29 is 9.53 Å². The minimum absolute atomic E-state index is 0. The number of hydrogen-bond acceptors (Lipinski definition) is 3. The van der Waals surface area contributed by atoms with Gasteiger partial charge in [0, 0.05) is 25.7 Å². The first-order valence-corrected chi connectivity index (χ1v) is 6.29. The van der Waals surface area contributed by atoms with Gasteiger partial charge < -0.3 is 15.4 Å². The molecule has 2 aliphatic rings. The summed E-state index contributed by atoms with van der Waals surface area (Å²) in [6, 6.07) is 0.296. The highest BCUT2D eigenvalue weighted by atomic mass is 35.5. The molecule has 1 amide bonds. The molecule has 0 aromatic carbocycles. The van der Waals surface area contributed by atoms with Gasteiger partial charge >= 0.3 is 0 Å². The summed E-state index contributed by atoms with van der Waals surface area (Å²) < 4.78 is 5.34. The molecule has 1 aliphatic heterocycles. The Morgan fingerprint density at radius 3 is 2.76 bits per heavy atom. The number of nitrogens with zero attached hydrogens (tertiary/aromatic N) is 1. The third-order valence-corrected chi connectivity index (χ3v) is 3.99. The van der Waals surface area contributed by atoms with Crippen LogP contribution in [0.5, 0.6) is 0 Å². The molecule has 4 nitrogen and oxygen atoms in total. The monoisotopic (exact) mass is 262 g/mol. The third kappa shape index (κ3) is 2.92. The highest BCUT2D eigenvalue weighted by Gasteiger charge is 2.43. The normalized spacial score (nSPS) is 33.1. The maximum atomic E-state index is 12.0. The van der Waals surface area contributed by atoms with E-state index in [1.54, 1.807) is 0 Å². The van der Waals surface area contributed by atoms with Crippen molar-refractivity contribution in [2.45, 2.75) is 38.8 Å². The molecule has 1 heterocycles.